The molecule has 0 saturated heterocycles. The molecule has 0 fully saturated rings. The Bertz CT molecular complexity index is 350. The highest BCUT2D eigenvalue weighted by Crippen LogP contribution is 2.34. The Morgan fingerprint density at radius 1 is 1.05 bits per heavy atom. The fraction of sp³-hybridized carbons (Fsp3) is 0.706. The lowest BCUT2D eigenvalue weighted by Gasteiger charge is -2.28. The fourth-order valence-electron chi connectivity index (χ4n) is 1.86. The molecule has 0 aromatic carbocycles. The molecule has 2 heteroatoms. The van der Waals surface area contributed by atoms with E-state index in [4.69, 9.17) is 0 Å². The van der Waals surface area contributed by atoms with Crippen molar-refractivity contribution in [2.75, 3.05) is 0 Å². The smallest absolute Gasteiger partial charge is 0.310 e. The summed E-state index contributed by atoms with van der Waals surface area (Å²) < 4.78 is 0. The summed E-state index contributed by atoms with van der Waals surface area (Å²) in [5, 5.41) is 9.35. The first-order chi connectivity index (χ1) is 8.37. The Balaban J connectivity index is 4.53. The first-order valence-corrected chi connectivity index (χ1v) is 6.97. The van der Waals surface area contributed by atoms with Crippen LogP contribution in [0.25, 0.3) is 0 Å². The molecule has 0 radical (unpaired) electrons. The summed E-state index contributed by atoms with van der Waals surface area (Å²) in [5.74, 6) is -1.21. The van der Waals surface area contributed by atoms with Gasteiger partial charge in [0.1, 0.15) is 0 Å². The molecule has 0 aliphatic rings. The minimum atomic E-state index is -0.763. The van der Waals surface area contributed by atoms with Gasteiger partial charge in [0.15, 0.2) is 0 Å². The average Bonchev–Trinajstić information content (AvgIpc) is 2.19. The largest absolute Gasteiger partial charge is 0.481 e. The highest BCUT2D eigenvalue weighted by atomic mass is 16.4. The topological polar surface area (TPSA) is 37.3 Å². The van der Waals surface area contributed by atoms with Crippen LogP contribution < -0.4 is 0 Å². The number of allylic oxidation sites excluding steroid dienone is 1. The molecule has 0 heterocycles. The molecule has 0 rings (SSSR count). The van der Waals surface area contributed by atoms with Crippen LogP contribution in [0.1, 0.15) is 60.8 Å². The van der Waals surface area contributed by atoms with Gasteiger partial charge < -0.3 is 5.11 Å². The zero-order chi connectivity index (χ0) is 15.4. The molecule has 19 heavy (non-hydrogen) atoms. The molecule has 0 bridgehead atoms. The van der Waals surface area contributed by atoms with E-state index >= 15 is 0 Å². The summed E-state index contributed by atoms with van der Waals surface area (Å²) >= 11 is 0. The van der Waals surface area contributed by atoms with Crippen LogP contribution in [0, 0.1) is 16.7 Å². The van der Waals surface area contributed by atoms with Crippen molar-refractivity contribution < 1.29 is 9.90 Å². The van der Waals surface area contributed by atoms with Crippen LogP contribution in [0.5, 0.6) is 0 Å². The van der Waals surface area contributed by atoms with Crippen molar-refractivity contribution in [3.8, 4) is 0 Å². The second-order valence-corrected chi connectivity index (χ2v) is 7.41. The molecule has 1 atom stereocenters. The van der Waals surface area contributed by atoms with E-state index in [1.165, 1.54) is 5.57 Å². The van der Waals surface area contributed by atoms with E-state index in [0.29, 0.717) is 6.42 Å². The SMILES string of the molecule is C=C(CCCC(C(=C)C(C)(C)C)C(=O)O)C(C)(C)C. The Hall–Kier alpha value is -1.05. The monoisotopic (exact) mass is 266 g/mol. The van der Waals surface area contributed by atoms with Gasteiger partial charge in [-0.1, -0.05) is 65.8 Å². The van der Waals surface area contributed by atoms with Crippen LogP contribution in [0.4, 0.5) is 0 Å². The highest BCUT2D eigenvalue weighted by molar-refractivity contribution is 5.73. The van der Waals surface area contributed by atoms with Gasteiger partial charge in [0.2, 0.25) is 0 Å². The first-order valence-electron chi connectivity index (χ1n) is 6.97. The van der Waals surface area contributed by atoms with Gasteiger partial charge in [-0.05, 0) is 30.1 Å². The minimum Gasteiger partial charge on any atom is -0.481 e. The summed E-state index contributed by atoms with van der Waals surface area (Å²) in [6.07, 6.45) is 2.37. The van der Waals surface area contributed by atoms with Crippen LogP contribution in [0.2, 0.25) is 0 Å². The summed E-state index contributed by atoms with van der Waals surface area (Å²) in [6.45, 7) is 20.5. The van der Waals surface area contributed by atoms with Crippen molar-refractivity contribution in [3.05, 3.63) is 24.3 Å². The number of carboxylic acid groups (broad SMARTS) is 1. The van der Waals surface area contributed by atoms with E-state index in [9.17, 15) is 9.90 Å². The van der Waals surface area contributed by atoms with E-state index in [1.54, 1.807) is 0 Å². The van der Waals surface area contributed by atoms with E-state index < -0.39 is 11.9 Å². The molecule has 0 spiro atoms. The van der Waals surface area contributed by atoms with Gasteiger partial charge >= 0.3 is 5.97 Å². The summed E-state index contributed by atoms with van der Waals surface area (Å²) in [7, 11) is 0. The Morgan fingerprint density at radius 3 is 1.84 bits per heavy atom. The minimum absolute atomic E-state index is 0.0970. The quantitative estimate of drug-likeness (QED) is 0.682. The maximum atomic E-state index is 11.4. The molecule has 0 saturated carbocycles. The molecule has 2 nitrogen and oxygen atoms in total. The van der Waals surface area contributed by atoms with Gasteiger partial charge in [-0.3, -0.25) is 4.79 Å². The van der Waals surface area contributed by atoms with Crippen LogP contribution in [0.3, 0.4) is 0 Å². The number of hydrogen-bond donors (Lipinski definition) is 1. The molecule has 1 N–H and O–H groups in total. The molecule has 110 valence electrons. The van der Waals surface area contributed by atoms with Gasteiger partial charge in [0, 0.05) is 0 Å². The molecule has 0 aromatic heterocycles. The molecular weight excluding hydrogens is 236 g/mol. The third-order valence-corrected chi connectivity index (χ3v) is 3.71. The zero-order valence-corrected chi connectivity index (χ0v) is 13.5. The first kappa shape index (κ1) is 17.9. The lowest BCUT2D eigenvalue weighted by Crippen LogP contribution is -2.24. The normalized spacial score (nSPS) is 14.0. The maximum absolute atomic E-state index is 11.4. The third-order valence-electron chi connectivity index (χ3n) is 3.71. The Morgan fingerprint density at radius 2 is 1.53 bits per heavy atom. The van der Waals surface area contributed by atoms with Crippen LogP contribution >= 0.6 is 0 Å². The number of rotatable bonds is 6. The van der Waals surface area contributed by atoms with Gasteiger partial charge in [0.05, 0.1) is 5.92 Å². The highest BCUT2D eigenvalue weighted by Gasteiger charge is 2.28. The number of carboxylic acids is 1. The fourth-order valence-corrected chi connectivity index (χ4v) is 1.86. The van der Waals surface area contributed by atoms with Crippen molar-refractivity contribution in [2.45, 2.75) is 60.8 Å². The number of carbonyl (C=O) groups is 1. The Kier molecular flexibility index (Phi) is 6.05. The predicted molar refractivity (Wildman–Crippen MR) is 82.2 cm³/mol. The van der Waals surface area contributed by atoms with Gasteiger partial charge in [-0.15, -0.1) is 0 Å². The van der Waals surface area contributed by atoms with Crippen molar-refractivity contribution in [2.24, 2.45) is 16.7 Å². The Labute approximate surface area is 118 Å². The third kappa shape index (κ3) is 6.09. The van der Waals surface area contributed by atoms with Crippen molar-refractivity contribution in [1.29, 1.82) is 0 Å². The van der Waals surface area contributed by atoms with Crippen LogP contribution in [-0.2, 0) is 4.79 Å². The summed E-state index contributed by atoms with van der Waals surface area (Å²) in [6, 6.07) is 0. The van der Waals surface area contributed by atoms with Crippen molar-refractivity contribution in [3.63, 3.8) is 0 Å². The van der Waals surface area contributed by atoms with E-state index in [1.807, 2.05) is 20.8 Å². The molecular formula is C17H30O2. The molecule has 0 aliphatic carbocycles. The second-order valence-electron chi connectivity index (χ2n) is 7.41. The van der Waals surface area contributed by atoms with Crippen molar-refractivity contribution >= 4 is 5.97 Å². The lowest BCUT2D eigenvalue weighted by molar-refractivity contribution is -0.141. The lowest BCUT2D eigenvalue weighted by atomic mass is 9.77. The molecule has 1 unspecified atom stereocenters. The summed E-state index contributed by atoms with van der Waals surface area (Å²) in [5.41, 5.74) is 1.92. The molecule has 0 amide bonds. The molecule has 0 aliphatic heterocycles. The number of hydrogen-bond acceptors (Lipinski definition) is 1. The summed E-state index contributed by atoms with van der Waals surface area (Å²) in [4.78, 5) is 11.4. The van der Waals surface area contributed by atoms with E-state index in [0.717, 1.165) is 18.4 Å². The zero-order valence-electron chi connectivity index (χ0n) is 13.5. The number of aliphatic carboxylic acids is 1. The average molecular weight is 266 g/mol. The standard InChI is InChI=1S/C17H30O2/c1-12(16(3,4)5)10-9-11-14(15(18)19)13(2)17(6,7)8/h14H,1-2,9-11H2,3-8H3,(H,18,19). The van der Waals surface area contributed by atoms with Gasteiger partial charge in [0.25, 0.3) is 0 Å². The van der Waals surface area contributed by atoms with Gasteiger partial charge in [-0.25, -0.2) is 0 Å². The van der Waals surface area contributed by atoms with E-state index in [2.05, 4.69) is 33.9 Å². The second kappa shape index (κ2) is 6.40. The van der Waals surface area contributed by atoms with Crippen molar-refractivity contribution in [1.82, 2.24) is 0 Å². The van der Waals surface area contributed by atoms with Crippen LogP contribution in [-0.4, -0.2) is 11.1 Å². The van der Waals surface area contributed by atoms with Gasteiger partial charge in [-0.2, -0.15) is 0 Å². The predicted octanol–water partition coefficient (Wildman–Crippen LogP) is 5.06. The maximum Gasteiger partial charge on any atom is 0.310 e. The molecule has 0 aromatic rings. The van der Waals surface area contributed by atoms with E-state index in [-0.39, 0.29) is 10.8 Å². The van der Waals surface area contributed by atoms with Crippen LogP contribution in [0.15, 0.2) is 24.3 Å².